The van der Waals surface area contributed by atoms with Crippen LogP contribution < -0.4 is 14.8 Å². The van der Waals surface area contributed by atoms with Crippen LogP contribution in [0.5, 0.6) is 11.5 Å². The van der Waals surface area contributed by atoms with Crippen LogP contribution in [0.15, 0.2) is 29.3 Å². The predicted molar refractivity (Wildman–Crippen MR) is 111 cm³/mol. The number of rotatable bonds is 10. The Hall–Kier alpha value is -1.99. The highest BCUT2D eigenvalue weighted by Gasteiger charge is 2.22. The third-order valence-corrected chi connectivity index (χ3v) is 4.73. The molecule has 1 aromatic rings. The van der Waals surface area contributed by atoms with Crippen molar-refractivity contribution in [1.82, 2.24) is 10.2 Å². The lowest BCUT2D eigenvalue weighted by molar-refractivity contribution is 0.00984. The normalized spacial score (nSPS) is 16.7. The third-order valence-electron chi connectivity index (χ3n) is 4.73. The van der Waals surface area contributed by atoms with E-state index in [2.05, 4.69) is 15.2 Å². The zero-order valence-electron chi connectivity index (χ0n) is 17.6. The molecule has 0 saturated carbocycles. The van der Waals surface area contributed by atoms with Gasteiger partial charge in [0, 0.05) is 46.5 Å². The molecular weight excluding hydrogens is 358 g/mol. The van der Waals surface area contributed by atoms with E-state index in [1.54, 1.807) is 14.2 Å². The molecule has 1 aromatic carbocycles. The summed E-state index contributed by atoms with van der Waals surface area (Å²) in [5.41, 5.74) is 0. The van der Waals surface area contributed by atoms with Crippen molar-refractivity contribution in [3.05, 3.63) is 24.3 Å². The number of ether oxygens (including phenoxy) is 4. The molecule has 0 aromatic heterocycles. The average Bonchev–Trinajstić information content (AvgIpc) is 2.72. The maximum Gasteiger partial charge on any atom is 0.193 e. The summed E-state index contributed by atoms with van der Waals surface area (Å²) in [6.45, 7) is 6.13. The van der Waals surface area contributed by atoms with Crippen LogP contribution in [0, 0.1) is 0 Å². The molecule has 0 radical (unpaired) electrons. The maximum absolute atomic E-state index is 5.97. The molecule has 158 valence electrons. The van der Waals surface area contributed by atoms with E-state index >= 15 is 0 Å². The molecule has 1 saturated heterocycles. The van der Waals surface area contributed by atoms with Gasteiger partial charge in [-0.15, -0.1) is 0 Å². The van der Waals surface area contributed by atoms with Crippen molar-refractivity contribution in [2.24, 2.45) is 4.99 Å². The minimum atomic E-state index is 0.00510. The highest BCUT2D eigenvalue weighted by molar-refractivity contribution is 5.80. The Labute approximate surface area is 169 Å². The van der Waals surface area contributed by atoms with Crippen molar-refractivity contribution in [2.75, 3.05) is 54.1 Å². The van der Waals surface area contributed by atoms with Gasteiger partial charge in [0.1, 0.15) is 17.6 Å². The topological polar surface area (TPSA) is 64.6 Å². The van der Waals surface area contributed by atoms with E-state index in [1.165, 1.54) is 0 Å². The second-order valence-corrected chi connectivity index (χ2v) is 6.94. The first-order chi connectivity index (χ1) is 13.7. The molecule has 1 unspecified atom stereocenters. The Morgan fingerprint density at radius 2 is 1.96 bits per heavy atom. The van der Waals surface area contributed by atoms with E-state index in [9.17, 15) is 0 Å². The van der Waals surface area contributed by atoms with E-state index in [1.807, 2.05) is 38.2 Å². The molecule has 1 heterocycles. The number of nitrogens with zero attached hydrogens (tertiary/aromatic N) is 2. The maximum atomic E-state index is 5.97. The molecule has 1 aliphatic heterocycles. The standard InChI is InChI=1S/C21H35N3O4/c1-17(28-20-8-5-7-19(15-20)26-4)16-23-21(22-2)24-11-9-18(10-12-24)27-14-6-13-25-3/h5,7-8,15,17-18H,6,9-14,16H2,1-4H3,(H,22,23). The number of likely N-dealkylation sites (tertiary alicyclic amines) is 1. The minimum absolute atomic E-state index is 0.00510. The summed E-state index contributed by atoms with van der Waals surface area (Å²) in [4.78, 5) is 6.71. The van der Waals surface area contributed by atoms with Gasteiger partial charge in [0.15, 0.2) is 5.96 Å². The van der Waals surface area contributed by atoms with Gasteiger partial charge in [-0.1, -0.05) is 6.07 Å². The summed E-state index contributed by atoms with van der Waals surface area (Å²) in [7, 11) is 5.20. The average molecular weight is 394 g/mol. The van der Waals surface area contributed by atoms with Crippen LogP contribution >= 0.6 is 0 Å². The fourth-order valence-corrected chi connectivity index (χ4v) is 3.20. The first-order valence-corrected chi connectivity index (χ1v) is 10.0. The molecule has 0 spiro atoms. The van der Waals surface area contributed by atoms with Crippen molar-refractivity contribution in [1.29, 1.82) is 0 Å². The van der Waals surface area contributed by atoms with Crippen LogP contribution in [0.25, 0.3) is 0 Å². The first kappa shape index (κ1) is 22.3. The van der Waals surface area contributed by atoms with Crippen molar-refractivity contribution < 1.29 is 18.9 Å². The number of methoxy groups -OCH3 is 2. The van der Waals surface area contributed by atoms with Gasteiger partial charge in [-0.2, -0.15) is 0 Å². The molecule has 1 fully saturated rings. The van der Waals surface area contributed by atoms with Crippen LogP contribution in [0.1, 0.15) is 26.2 Å². The van der Waals surface area contributed by atoms with Gasteiger partial charge in [-0.3, -0.25) is 4.99 Å². The molecule has 1 atom stereocenters. The molecule has 1 aliphatic rings. The van der Waals surface area contributed by atoms with Crippen molar-refractivity contribution in [2.45, 2.75) is 38.4 Å². The molecule has 0 bridgehead atoms. The van der Waals surface area contributed by atoms with E-state index in [0.717, 1.165) is 63.0 Å². The van der Waals surface area contributed by atoms with Gasteiger partial charge in [-0.05, 0) is 38.3 Å². The zero-order chi connectivity index (χ0) is 20.2. The molecular formula is C21H35N3O4. The Morgan fingerprint density at radius 1 is 1.21 bits per heavy atom. The Bertz CT molecular complexity index is 589. The van der Waals surface area contributed by atoms with Gasteiger partial charge in [0.25, 0.3) is 0 Å². The van der Waals surface area contributed by atoms with Crippen molar-refractivity contribution in [3.63, 3.8) is 0 Å². The quantitative estimate of drug-likeness (QED) is 0.374. The lowest BCUT2D eigenvalue weighted by Crippen LogP contribution is -2.48. The summed E-state index contributed by atoms with van der Waals surface area (Å²) in [6.07, 6.45) is 3.32. The smallest absolute Gasteiger partial charge is 0.193 e. The summed E-state index contributed by atoms with van der Waals surface area (Å²) in [5.74, 6) is 2.51. The molecule has 0 aliphatic carbocycles. The number of aliphatic imine (C=N–C) groups is 1. The Balaban J connectivity index is 1.71. The van der Waals surface area contributed by atoms with Crippen LogP contribution in [0.2, 0.25) is 0 Å². The Kier molecular flexibility index (Phi) is 9.93. The zero-order valence-corrected chi connectivity index (χ0v) is 17.6. The first-order valence-electron chi connectivity index (χ1n) is 10.0. The number of hydrogen-bond acceptors (Lipinski definition) is 5. The Morgan fingerprint density at radius 3 is 2.64 bits per heavy atom. The number of benzene rings is 1. The minimum Gasteiger partial charge on any atom is -0.497 e. The molecule has 1 N–H and O–H groups in total. The molecule has 28 heavy (non-hydrogen) atoms. The number of nitrogens with one attached hydrogen (secondary N) is 1. The lowest BCUT2D eigenvalue weighted by atomic mass is 10.1. The number of piperidine rings is 1. The van der Waals surface area contributed by atoms with Crippen molar-refractivity contribution in [3.8, 4) is 11.5 Å². The predicted octanol–water partition coefficient (Wildman–Crippen LogP) is 2.56. The summed E-state index contributed by atoms with van der Waals surface area (Å²) < 4.78 is 22.2. The van der Waals surface area contributed by atoms with Gasteiger partial charge < -0.3 is 29.2 Å². The van der Waals surface area contributed by atoms with Crippen LogP contribution in [0.3, 0.4) is 0 Å². The van der Waals surface area contributed by atoms with E-state index in [-0.39, 0.29) is 6.10 Å². The van der Waals surface area contributed by atoms with Crippen LogP contribution in [-0.4, -0.2) is 77.2 Å². The van der Waals surface area contributed by atoms with Crippen LogP contribution in [0.4, 0.5) is 0 Å². The number of hydrogen-bond donors (Lipinski definition) is 1. The highest BCUT2D eigenvalue weighted by atomic mass is 16.5. The van der Waals surface area contributed by atoms with E-state index in [0.29, 0.717) is 12.6 Å². The molecule has 2 rings (SSSR count). The fourth-order valence-electron chi connectivity index (χ4n) is 3.20. The fraction of sp³-hybridized carbons (Fsp3) is 0.667. The summed E-state index contributed by atoms with van der Waals surface area (Å²) >= 11 is 0. The summed E-state index contributed by atoms with van der Waals surface area (Å²) in [5, 5.41) is 3.42. The van der Waals surface area contributed by atoms with Gasteiger partial charge in [0.05, 0.1) is 19.8 Å². The van der Waals surface area contributed by atoms with Gasteiger partial charge in [-0.25, -0.2) is 0 Å². The van der Waals surface area contributed by atoms with Gasteiger partial charge in [0.2, 0.25) is 0 Å². The van der Waals surface area contributed by atoms with Gasteiger partial charge >= 0.3 is 0 Å². The number of guanidine groups is 1. The molecule has 7 heteroatoms. The van der Waals surface area contributed by atoms with E-state index in [4.69, 9.17) is 18.9 Å². The van der Waals surface area contributed by atoms with E-state index < -0.39 is 0 Å². The summed E-state index contributed by atoms with van der Waals surface area (Å²) in [6, 6.07) is 7.66. The monoisotopic (exact) mass is 393 g/mol. The molecule has 7 nitrogen and oxygen atoms in total. The molecule has 0 amide bonds. The second-order valence-electron chi connectivity index (χ2n) is 6.94. The van der Waals surface area contributed by atoms with Crippen molar-refractivity contribution >= 4 is 5.96 Å². The highest BCUT2D eigenvalue weighted by Crippen LogP contribution is 2.20. The lowest BCUT2D eigenvalue weighted by Gasteiger charge is -2.34. The second kappa shape index (κ2) is 12.5. The largest absolute Gasteiger partial charge is 0.497 e. The third kappa shape index (κ3) is 7.56. The van der Waals surface area contributed by atoms with Crippen LogP contribution in [-0.2, 0) is 9.47 Å². The SMILES string of the molecule is CN=C(NCC(C)Oc1cccc(OC)c1)N1CCC(OCCCOC)CC1.